The van der Waals surface area contributed by atoms with E-state index in [2.05, 4.69) is 99.7 Å². The van der Waals surface area contributed by atoms with Crippen molar-refractivity contribution in [2.75, 3.05) is 26.4 Å². The molecule has 0 radical (unpaired) electrons. The second kappa shape index (κ2) is 29.3. The number of esters is 1. The highest BCUT2D eigenvalue weighted by Gasteiger charge is 2.56. The fourth-order valence-electron chi connectivity index (χ4n) is 8.20. The van der Waals surface area contributed by atoms with Crippen LogP contribution in [-0.4, -0.2) is 92.1 Å². The number of carbonyl (C=O) groups excluding carboxylic acids is 1. The normalized spacial score (nSPS) is 17.3. The van der Waals surface area contributed by atoms with E-state index in [-0.39, 0.29) is 23.3 Å². The van der Waals surface area contributed by atoms with E-state index in [4.69, 9.17) is 38.6 Å². The molecule has 0 amide bonds. The molecule has 5 atom stereocenters. The third-order valence-electron chi connectivity index (χ3n) is 10.4. The third kappa shape index (κ3) is 27.9. The highest BCUT2D eigenvalue weighted by molar-refractivity contribution is 6.92. The molecule has 0 aromatic carbocycles. The summed E-state index contributed by atoms with van der Waals surface area (Å²) in [5.41, 5.74) is 0.145. The predicted octanol–water partition coefficient (Wildman–Crippen LogP) is 14.0. The van der Waals surface area contributed by atoms with Crippen molar-refractivity contribution in [2.45, 2.75) is 235 Å². The topological polar surface area (TPSA) is 100 Å². The molecule has 60 heavy (non-hydrogen) atoms. The van der Waals surface area contributed by atoms with Gasteiger partial charge < -0.3 is 38.6 Å². The first kappa shape index (κ1) is 60.7. The van der Waals surface area contributed by atoms with E-state index < -0.39 is 59.7 Å². The van der Waals surface area contributed by atoms with Gasteiger partial charge in [-0.3, -0.25) is 4.79 Å². The Morgan fingerprint density at radius 2 is 0.933 bits per heavy atom. The lowest BCUT2D eigenvalue weighted by molar-refractivity contribution is -0.148. The maximum atomic E-state index is 13.4. The average molecular weight is 974 g/mol. The molecule has 360 valence electrons. The molecule has 5 unspecified atom stereocenters. The van der Waals surface area contributed by atoms with Crippen molar-refractivity contribution in [3.8, 4) is 0 Å². The lowest BCUT2D eigenvalue weighted by Gasteiger charge is -2.48. The molecule has 0 bridgehead atoms. The largest absolute Gasteiger partial charge is 0.500 e. The van der Waals surface area contributed by atoms with Gasteiger partial charge in [-0.2, -0.15) is 0 Å². The van der Waals surface area contributed by atoms with Gasteiger partial charge in [-0.05, 0) is 117 Å². The van der Waals surface area contributed by atoms with Crippen molar-refractivity contribution in [1.29, 1.82) is 0 Å². The van der Waals surface area contributed by atoms with Gasteiger partial charge in [-0.15, -0.1) is 0 Å². The standard InChI is InChI=1S/C43H100O10Si7/c1-20-24-25-26-27-28-29-30-31-32-33-34-35-42(8)59(19,53-58(18,50-55(12,13)14)39-41(7)43(44)45-38-40(5)6)52-57(17,51-56(15,16)49-54(9,10)11)36-37-60(46-21-2,47-22-3)48-23-4/h40-42H,20-39H2,1-19H3. The highest BCUT2D eigenvalue weighted by atomic mass is 28.5. The number of carbonyl (C=O) groups is 1. The molecular formula is C43H100O10Si7. The van der Waals surface area contributed by atoms with Crippen molar-refractivity contribution < 1.29 is 43.4 Å². The van der Waals surface area contributed by atoms with Crippen LogP contribution in [0.1, 0.15) is 139 Å². The Morgan fingerprint density at radius 1 is 0.500 bits per heavy atom. The van der Waals surface area contributed by atoms with Crippen LogP contribution >= 0.6 is 0 Å². The maximum Gasteiger partial charge on any atom is 0.500 e. The molecule has 0 aliphatic carbocycles. The zero-order valence-electron chi connectivity index (χ0n) is 43.0. The van der Waals surface area contributed by atoms with Crippen LogP contribution in [0.4, 0.5) is 0 Å². The highest BCUT2D eigenvalue weighted by Crippen LogP contribution is 2.40. The first-order valence-corrected chi connectivity index (χ1v) is 43.2. The molecule has 17 heteroatoms. The quantitative estimate of drug-likeness (QED) is 0.0338. The Hall–Kier alpha value is 0.668. The molecule has 10 nitrogen and oxygen atoms in total. The zero-order valence-corrected chi connectivity index (χ0v) is 50.0. The summed E-state index contributed by atoms with van der Waals surface area (Å²) in [5.74, 6) is -0.296. The minimum absolute atomic E-state index is 0.145. The lowest BCUT2D eigenvalue weighted by Crippen LogP contribution is -2.64. The summed E-state index contributed by atoms with van der Waals surface area (Å²) in [4.78, 5) is 13.4. The third-order valence-corrected chi connectivity index (χ3v) is 37.5. The molecule has 0 aliphatic rings. The van der Waals surface area contributed by atoms with Crippen LogP contribution in [0.25, 0.3) is 0 Å². The Kier molecular flexibility index (Phi) is 29.7. The van der Waals surface area contributed by atoms with E-state index >= 15 is 0 Å². The van der Waals surface area contributed by atoms with Crippen molar-refractivity contribution in [3.05, 3.63) is 0 Å². The monoisotopic (exact) mass is 973 g/mol. The Bertz CT molecular complexity index is 1130. The van der Waals surface area contributed by atoms with Gasteiger partial charge >= 0.3 is 49.0 Å². The lowest BCUT2D eigenvalue weighted by atomic mass is 10.0. The maximum absolute atomic E-state index is 13.4. The molecule has 0 N–H and O–H groups in total. The van der Waals surface area contributed by atoms with E-state index in [0.717, 1.165) is 12.8 Å². The van der Waals surface area contributed by atoms with Gasteiger partial charge in [0.1, 0.15) is 0 Å². The Labute approximate surface area is 380 Å². The Morgan fingerprint density at radius 3 is 1.35 bits per heavy atom. The Balaban J connectivity index is 6.92. The van der Waals surface area contributed by atoms with Gasteiger partial charge in [0, 0.05) is 31.9 Å². The number of hydrogen-bond acceptors (Lipinski definition) is 10. The summed E-state index contributed by atoms with van der Waals surface area (Å²) >= 11 is 0. The van der Waals surface area contributed by atoms with Crippen LogP contribution in [0.3, 0.4) is 0 Å². The van der Waals surface area contributed by atoms with Crippen molar-refractivity contribution >= 4 is 65.7 Å². The molecule has 0 aliphatic heterocycles. The number of ether oxygens (including phenoxy) is 1. The van der Waals surface area contributed by atoms with Gasteiger partial charge in [0.15, 0.2) is 16.6 Å². The summed E-state index contributed by atoms with van der Waals surface area (Å²) < 4.78 is 61.7. The van der Waals surface area contributed by atoms with E-state index in [9.17, 15) is 4.79 Å². The molecule has 0 saturated heterocycles. The SMILES string of the molecule is CCCCCCCCCCCCCCC(C)[Si](C)(O[Si](C)(CC(C)C(=O)OCC(C)C)O[Si](C)(C)C)O[Si](C)(CC[Si](OCC)(OCC)OCC)O[Si](C)(C)O[Si](C)(C)C. The van der Waals surface area contributed by atoms with E-state index in [1.807, 2.05) is 27.7 Å². The van der Waals surface area contributed by atoms with Gasteiger partial charge in [0.05, 0.1) is 12.5 Å². The van der Waals surface area contributed by atoms with Gasteiger partial charge in [0.25, 0.3) is 0 Å². The number of unbranched alkanes of at least 4 members (excludes halogenated alkanes) is 11. The minimum atomic E-state index is -3.16. The first-order valence-electron chi connectivity index (χ1n) is 24.2. The van der Waals surface area contributed by atoms with Crippen LogP contribution < -0.4 is 0 Å². The smallest absolute Gasteiger partial charge is 0.465 e. The van der Waals surface area contributed by atoms with E-state index in [1.54, 1.807) is 0 Å². The van der Waals surface area contributed by atoms with E-state index in [1.165, 1.54) is 70.6 Å². The van der Waals surface area contributed by atoms with Crippen LogP contribution in [0.2, 0.25) is 95.7 Å². The second-order valence-electron chi connectivity index (χ2n) is 20.6. The first-order chi connectivity index (χ1) is 27.6. The number of rotatable bonds is 38. The van der Waals surface area contributed by atoms with Crippen LogP contribution in [-0.2, 0) is 43.4 Å². The average Bonchev–Trinajstić information content (AvgIpc) is 3.07. The summed E-state index contributed by atoms with van der Waals surface area (Å²) in [6, 6.07) is 1.70. The second-order valence-corrected chi connectivity index (χ2v) is 47.1. The summed E-state index contributed by atoms with van der Waals surface area (Å²) in [5, 5.41) is 0. The fraction of sp³-hybridized carbons (Fsp3) is 0.977. The summed E-state index contributed by atoms with van der Waals surface area (Å²) in [6.45, 7) is 42.8. The van der Waals surface area contributed by atoms with Gasteiger partial charge in [-0.25, -0.2) is 0 Å². The summed E-state index contributed by atoms with van der Waals surface area (Å²) in [7, 11) is -19.2. The molecule has 0 rings (SSSR count). The summed E-state index contributed by atoms with van der Waals surface area (Å²) in [6.07, 6.45) is 16.7. The molecule has 0 aromatic heterocycles. The van der Waals surface area contributed by atoms with Crippen LogP contribution in [0, 0.1) is 11.8 Å². The van der Waals surface area contributed by atoms with Gasteiger partial charge in [-0.1, -0.05) is 112 Å². The molecule has 0 aromatic rings. The van der Waals surface area contributed by atoms with Gasteiger partial charge in [0.2, 0.25) is 0 Å². The van der Waals surface area contributed by atoms with E-state index in [0.29, 0.717) is 44.6 Å². The van der Waals surface area contributed by atoms with Crippen molar-refractivity contribution in [1.82, 2.24) is 0 Å². The molecule has 0 spiro atoms. The molecular weight excluding hydrogens is 873 g/mol. The minimum Gasteiger partial charge on any atom is -0.465 e. The van der Waals surface area contributed by atoms with Crippen molar-refractivity contribution in [3.63, 3.8) is 0 Å². The predicted molar refractivity (Wildman–Crippen MR) is 270 cm³/mol. The zero-order chi connectivity index (χ0) is 46.3. The number of hydrogen-bond donors (Lipinski definition) is 0. The van der Waals surface area contributed by atoms with Crippen LogP contribution in [0.15, 0.2) is 0 Å². The van der Waals surface area contributed by atoms with Crippen molar-refractivity contribution in [2.24, 2.45) is 11.8 Å². The fourth-order valence-corrected chi connectivity index (χ4v) is 42.6. The van der Waals surface area contributed by atoms with Crippen LogP contribution in [0.5, 0.6) is 0 Å². The molecule has 0 saturated carbocycles. The molecule has 0 fully saturated rings. The molecule has 0 heterocycles.